The molecule has 0 saturated carbocycles. The van der Waals surface area contributed by atoms with Gasteiger partial charge in [-0.05, 0) is 36.2 Å². The second-order valence-corrected chi connectivity index (χ2v) is 9.22. The summed E-state index contributed by atoms with van der Waals surface area (Å²) in [4.78, 5) is 26.7. The summed E-state index contributed by atoms with van der Waals surface area (Å²) in [5, 5.41) is 2.87. The summed E-state index contributed by atoms with van der Waals surface area (Å²) in [5.41, 5.74) is 2.60. The molecule has 6 nitrogen and oxygen atoms in total. The smallest absolute Gasteiger partial charge is 0.238 e. The summed E-state index contributed by atoms with van der Waals surface area (Å²) in [6, 6.07) is 13.4. The predicted octanol–water partition coefficient (Wildman–Crippen LogP) is 5.88. The minimum absolute atomic E-state index is 0.0562. The van der Waals surface area contributed by atoms with Crippen LogP contribution in [0.25, 0.3) is 0 Å². The van der Waals surface area contributed by atoms with Crippen LogP contribution in [0, 0.1) is 0 Å². The lowest BCUT2D eigenvalue weighted by Crippen LogP contribution is -2.27. The number of hydrogen-bond acceptors (Lipinski definition) is 5. The SMILES string of the molecule is CCCCCCCCC(=O)Nc1ccc([C@@H]2SCC(=O)N2c2ccc3c(c2)OCO3)cc1. The number of benzene rings is 2. The highest BCUT2D eigenvalue weighted by atomic mass is 32.2. The zero-order valence-electron chi connectivity index (χ0n) is 18.5. The molecule has 1 N–H and O–H groups in total. The first-order valence-corrected chi connectivity index (χ1v) is 12.4. The molecule has 2 aliphatic rings. The molecule has 0 aromatic heterocycles. The van der Waals surface area contributed by atoms with Gasteiger partial charge >= 0.3 is 0 Å². The lowest BCUT2D eigenvalue weighted by molar-refractivity contribution is -0.116. The number of hydrogen-bond donors (Lipinski definition) is 1. The van der Waals surface area contributed by atoms with Crippen LogP contribution in [0.1, 0.15) is 62.8 Å². The van der Waals surface area contributed by atoms with E-state index in [-0.39, 0.29) is 24.0 Å². The van der Waals surface area contributed by atoms with Crippen molar-refractivity contribution < 1.29 is 19.1 Å². The summed E-state index contributed by atoms with van der Waals surface area (Å²) in [5.74, 6) is 1.91. The molecule has 1 atom stereocenters. The first kappa shape index (κ1) is 22.5. The van der Waals surface area contributed by atoms with Crippen molar-refractivity contribution in [3.8, 4) is 11.5 Å². The van der Waals surface area contributed by atoms with Gasteiger partial charge < -0.3 is 14.8 Å². The largest absolute Gasteiger partial charge is 0.454 e. The molecule has 0 bridgehead atoms. The molecule has 0 radical (unpaired) electrons. The predicted molar refractivity (Wildman–Crippen MR) is 128 cm³/mol. The second-order valence-electron chi connectivity index (χ2n) is 8.15. The summed E-state index contributed by atoms with van der Waals surface area (Å²) < 4.78 is 10.9. The fourth-order valence-electron chi connectivity index (χ4n) is 4.01. The van der Waals surface area contributed by atoms with E-state index in [2.05, 4.69) is 12.2 Å². The number of amides is 2. The van der Waals surface area contributed by atoms with Crippen molar-refractivity contribution in [1.29, 1.82) is 0 Å². The fourth-order valence-corrected chi connectivity index (χ4v) is 5.18. The lowest BCUT2D eigenvalue weighted by atomic mass is 10.1. The monoisotopic (exact) mass is 454 g/mol. The van der Waals surface area contributed by atoms with Gasteiger partial charge in [-0.15, -0.1) is 11.8 Å². The Kier molecular flexibility index (Phi) is 7.58. The molecule has 2 amide bonds. The number of anilines is 2. The number of fused-ring (bicyclic) bond motifs is 1. The van der Waals surface area contributed by atoms with Crippen LogP contribution in [0.2, 0.25) is 0 Å². The van der Waals surface area contributed by atoms with Crippen LogP contribution in [0.4, 0.5) is 11.4 Å². The van der Waals surface area contributed by atoms with Crippen LogP contribution in [-0.2, 0) is 9.59 Å². The van der Waals surface area contributed by atoms with Crippen LogP contribution in [0.15, 0.2) is 42.5 Å². The van der Waals surface area contributed by atoms with Crippen molar-refractivity contribution in [2.75, 3.05) is 22.8 Å². The first-order valence-electron chi connectivity index (χ1n) is 11.4. The number of thioether (sulfide) groups is 1. The fraction of sp³-hybridized carbons (Fsp3) is 0.440. The summed E-state index contributed by atoms with van der Waals surface area (Å²) >= 11 is 1.60. The van der Waals surface area contributed by atoms with E-state index in [0.29, 0.717) is 23.7 Å². The van der Waals surface area contributed by atoms with Gasteiger partial charge in [0, 0.05) is 23.9 Å². The Morgan fingerprint density at radius 1 is 1.03 bits per heavy atom. The molecule has 4 rings (SSSR count). The highest BCUT2D eigenvalue weighted by molar-refractivity contribution is 8.00. The molecule has 1 fully saturated rings. The quantitative estimate of drug-likeness (QED) is 0.454. The number of rotatable bonds is 10. The third-order valence-electron chi connectivity index (χ3n) is 5.74. The van der Waals surface area contributed by atoms with Gasteiger partial charge in [0.25, 0.3) is 0 Å². The molecule has 2 aliphatic heterocycles. The Bertz CT molecular complexity index is 947. The number of nitrogens with zero attached hydrogens (tertiary/aromatic N) is 1. The highest BCUT2D eigenvalue weighted by Gasteiger charge is 2.34. The van der Waals surface area contributed by atoms with Crippen LogP contribution >= 0.6 is 11.8 Å². The third kappa shape index (κ3) is 5.38. The molecule has 170 valence electrons. The van der Waals surface area contributed by atoms with Crippen molar-refractivity contribution in [3.63, 3.8) is 0 Å². The van der Waals surface area contributed by atoms with Crippen molar-refractivity contribution in [2.45, 2.75) is 57.2 Å². The van der Waals surface area contributed by atoms with Gasteiger partial charge in [0.05, 0.1) is 5.75 Å². The number of ether oxygens (including phenoxy) is 2. The molecule has 2 aromatic carbocycles. The minimum atomic E-state index is -0.115. The maximum atomic E-state index is 12.6. The van der Waals surface area contributed by atoms with Crippen molar-refractivity contribution in [1.82, 2.24) is 0 Å². The number of carbonyl (C=O) groups excluding carboxylic acids is 2. The summed E-state index contributed by atoms with van der Waals surface area (Å²) in [6.45, 7) is 2.41. The molecule has 7 heteroatoms. The minimum Gasteiger partial charge on any atom is -0.454 e. The third-order valence-corrected chi connectivity index (χ3v) is 6.95. The highest BCUT2D eigenvalue weighted by Crippen LogP contribution is 2.44. The Hall–Kier alpha value is -2.67. The van der Waals surface area contributed by atoms with Crippen LogP contribution in [0.3, 0.4) is 0 Å². The molecular formula is C25H30N2O4S. The topological polar surface area (TPSA) is 67.9 Å². The standard InChI is InChI=1S/C25H30N2O4S/c1-2-3-4-5-6-7-8-23(28)26-19-11-9-18(10-12-19)25-27(24(29)16-32-25)20-13-14-21-22(15-20)31-17-30-21/h9-15,25H,2-8,16-17H2,1H3,(H,26,28)/t25-/m0/s1. The first-order chi connectivity index (χ1) is 15.7. The molecule has 1 saturated heterocycles. The Morgan fingerprint density at radius 2 is 1.78 bits per heavy atom. The summed E-state index contributed by atoms with van der Waals surface area (Å²) in [7, 11) is 0. The van der Waals surface area contributed by atoms with Gasteiger partial charge in [-0.25, -0.2) is 0 Å². The van der Waals surface area contributed by atoms with Gasteiger partial charge in [-0.1, -0.05) is 51.2 Å². The Morgan fingerprint density at radius 3 is 2.59 bits per heavy atom. The van der Waals surface area contributed by atoms with Crippen LogP contribution in [0.5, 0.6) is 11.5 Å². The second kappa shape index (κ2) is 10.8. The van der Waals surface area contributed by atoms with Gasteiger partial charge in [0.2, 0.25) is 18.6 Å². The average molecular weight is 455 g/mol. The van der Waals surface area contributed by atoms with Gasteiger partial charge in [0.1, 0.15) is 5.37 Å². The van der Waals surface area contributed by atoms with E-state index < -0.39 is 0 Å². The molecule has 0 unspecified atom stereocenters. The molecule has 0 aliphatic carbocycles. The van der Waals surface area contributed by atoms with E-state index in [4.69, 9.17) is 9.47 Å². The van der Waals surface area contributed by atoms with E-state index in [9.17, 15) is 9.59 Å². The zero-order chi connectivity index (χ0) is 22.3. The molecular weight excluding hydrogens is 424 g/mol. The van der Waals surface area contributed by atoms with Gasteiger partial charge in [-0.3, -0.25) is 14.5 Å². The maximum Gasteiger partial charge on any atom is 0.238 e. The van der Waals surface area contributed by atoms with Crippen molar-refractivity contribution in [3.05, 3.63) is 48.0 Å². The van der Waals surface area contributed by atoms with E-state index in [1.807, 2.05) is 42.5 Å². The molecule has 2 heterocycles. The molecule has 2 aromatic rings. The van der Waals surface area contributed by atoms with Crippen LogP contribution in [-0.4, -0.2) is 24.4 Å². The van der Waals surface area contributed by atoms with E-state index in [0.717, 1.165) is 29.8 Å². The Labute approximate surface area is 193 Å². The molecule has 32 heavy (non-hydrogen) atoms. The van der Waals surface area contributed by atoms with Gasteiger partial charge in [-0.2, -0.15) is 0 Å². The number of nitrogens with one attached hydrogen (secondary N) is 1. The normalized spacial score (nSPS) is 17.1. The lowest BCUT2D eigenvalue weighted by Gasteiger charge is -2.24. The van der Waals surface area contributed by atoms with Crippen molar-refractivity contribution in [2.24, 2.45) is 0 Å². The van der Waals surface area contributed by atoms with E-state index in [1.54, 1.807) is 16.7 Å². The van der Waals surface area contributed by atoms with Crippen molar-refractivity contribution >= 4 is 35.0 Å². The summed E-state index contributed by atoms with van der Waals surface area (Å²) in [6.07, 6.45) is 7.55. The zero-order valence-corrected chi connectivity index (χ0v) is 19.3. The van der Waals surface area contributed by atoms with Gasteiger partial charge in [0.15, 0.2) is 11.5 Å². The molecule has 0 spiro atoms. The average Bonchev–Trinajstić information content (AvgIpc) is 3.42. The van der Waals surface area contributed by atoms with E-state index >= 15 is 0 Å². The Balaban J connectivity index is 1.34. The van der Waals surface area contributed by atoms with E-state index in [1.165, 1.54) is 25.7 Å². The number of carbonyl (C=O) groups is 2. The number of unbranched alkanes of at least 4 members (excludes halogenated alkanes) is 5. The van der Waals surface area contributed by atoms with Crippen LogP contribution < -0.4 is 19.7 Å². The maximum absolute atomic E-state index is 12.6.